The summed E-state index contributed by atoms with van der Waals surface area (Å²) in [4.78, 5) is 14.2. The molecule has 0 atom stereocenters. The van der Waals surface area contributed by atoms with Gasteiger partial charge in [0.2, 0.25) is 0 Å². The number of amides is 1. The summed E-state index contributed by atoms with van der Waals surface area (Å²) in [6.45, 7) is 0.750. The zero-order valence-electron chi connectivity index (χ0n) is 14.3. The minimum atomic E-state index is -0.111. The molecule has 1 aromatic heterocycles. The van der Waals surface area contributed by atoms with Gasteiger partial charge in [-0.2, -0.15) is 0 Å². The molecular weight excluding hydrogens is 380 g/mol. The standard InChI is InChI=1S/C20H18N2O3S2/c23-19(18-11-10-17(27-18)14-4-2-1-3-5-14)21-12-13-25-16-8-6-15(7-9-16)20(26)22-24/h1-11,24H,12-13H2,(H,21,23)(H,22,26). The SMILES string of the molecule is O=C(NCCOc1ccc(C(=S)NO)cc1)c1ccc(-c2ccccc2)s1. The topological polar surface area (TPSA) is 70.6 Å². The maximum absolute atomic E-state index is 12.3. The third-order valence-corrected chi connectivity index (χ3v) is 5.22. The molecule has 3 aromatic rings. The molecule has 0 aliphatic rings. The summed E-state index contributed by atoms with van der Waals surface area (Å²) in [5.74, 6) is 0.553. The lowest BCUT2D eigenvalue weighted by Gasteiger charge is -2.08. The summed E-state index contributed by atoms with van der Waals surface area (Å²) in [7, 11) is 0. The van der Waals surface area contributed by atoms with Gasteiger partial charge in [0.05, 0.1) is 11.4 Å². The van der Waals surface area contributed by atoms with Crippen LogP contribution < -0.4 is 15.5 Å². The van der Waals surface area contributed by atoms with Gasteiger partial charge in [-0.3, -0.25) is 15.5 Å². The van der Waals surface area contributed by atoms with Gasteiger partial charge in [0.15, 0.2) is 0 Å². The van der Waals surface area contributed by atoms with Crippen molar-refractivity contribution in [2.45, 2.75) is 0 Å². The van der Waals surface area contributed by atoms with E-state index >= 15 is 0 Å². The monoisotopic (exact) mass is 398 g/mol. The number of rotatable bonds is 7. The molecule has 0 aliphatic heterocycles. The molecule has 27 heavy (non-hydrogen) atoms. The number of hydrogen-bond acceptors (Lipinski definition) is 5. The predicted octanol–water partition coefficient (Wildman–Crippen LogP) is 3.88. The van der Waals surface area contributed by atoms with Crippen molar-refractivity contribution in [1.82, 2.24) is 10.8 Å². The van der Waals surface area contributed by atoms with Gasteiger partial charge in [-0.25, -0.2) is 0 Å². The van der Waals surface area contributed by atoms with Crippen molar-refractivity contribution in [3.8, 4) is 16.2 Å². The highest BCUT2D eigenvalue weighted by Crippen LogP contribution is 2.27. The minimum absolute atomic E-state index is 0.111. The molecule has 0 saturated heterocycles. The molecular formula is C20H18N2O3S2. The number of benzene rings is 2. The number of thiophene rings is 1. The fraction of sp³-hybridized carbons (Fsp3) is 0.100. The van der Waals surface area contributed by atoms with E-state index in [1.54, 1.807) is 24.3 Å². The quantitative estimate of drug-likeness (QED) is 0.320. The van der Waals surface area contributed by atoms with Crippen LogP contribution in [-0.4, -0.2) is 29.3 Å². The fourth-order valence-electron chi connectivity index (χ4n) is 2.41. The molecule has 2 aromatic carbocycles. The summed E-state index contributed by atoms with van der Waals surface area (Å²) < 4.78 is 5.60. The van der Waals surface area contributed by atoms with Gasteiger partial charge >= 0.3 is 0 Å². The van der Waals surface area contributed by atoms with Crippen LogP contribution in [0, 0.1) is 0 Å². The van der Waals surface area contributed by atoms with Crippen molar-refractivity contribution in [2.24, 2.45) is 0 Å². The third-order valence-electron chi connectivity index (χ3n) is 3.76. The summed E-state index contributed by atoms with van der Waals surface area (Å²) in [5.41, 5.74) is 3.73. The third kappa shape index (κ3) is 5.13. The van der Waals surface area contributed by atoms with E-state index in [0.29, 0.717) is 29.3 Å². The van der Waals surface area contributed by atoms with E-state index in [0.717, 1.165) is 10.4 Å². The summed E-state index contributed by atoms with van der Waals surface area (Å²) in [5, 5.41) is 11.6. The number of carbonyl (C=O) groups excluding carboxylic acids is 1. The second-order valence-electron chi connectivity index (χ2n) is 5.60. The van der Waals surface area contributed by atoms with E-state index < -0.39 is 0 Å². The van der Waals surface area contributed by atoms with Gasteiger partial charge in [0.25, 0.3) is 5.91 Å². The van der Waals surface area contributed by atoms with Gasteiger partial charge in [-0.05, 0) is 42.0 Å². The lowest BCUT2D eigenvalue weighted by molar-refractivity contribution is 0.0951. The Bertz CT molecular complexity index is 908. The summed E-state index contributed by atoms with van der Waals surface area (Å²) in [6, 6.07) is 20.8. The molecule has 138 valence electrons. The molecule has 0 fully saturated rings. The van der Waals surface area contributed by atoms with Crippen molar-refractivity contribution < 1.29 is 14.7 Å². The van der Waals surface area contributed by atoms with Crippen LogP contribution in [0.25, 0.3) is 10.4 Å². The van der Waals surface area contributed by atoms with E-state index in [-0.39, 0.29) is 10.9 Å². The molecule has 0 radical (unpaired) electrons. The Morgan fingerprint density at radius 2 is 1.78 bits per heavy atom. The molecule has 0 aliphatic carbocycles. The Hall–Kier alpha value is -2.74. The predicted molar refractivity (Wildman–Crippen MR) is 111 cm³/mol. The van der Waals surface area contributed by atoms with Crippen LogP contribution in [0.2, 0.25) is 0 Å². The molecule has 1 heterocycles. The van der Waals surface area contributed by atoms with Crippen molar-refractivity contribution in [3.63, 3.8) is 0 Å². The van der Waals surface area contributed by atoms with Crippen LogP contribution in [0.4, 0.5) is 0 Å². The molecule has 0 bridgehead atoms. The van der Waals surface area contributed by atoms with E-state index in [9.17, 15) is 4.79 Å². The zero-order valence-corrected chi connectivity index (χ0v) is 16.0. The Morgan fingerprint density at radius 1 is 1.04 bits per heavy atom. The minimum Gasteiger partial charge on any atom is -0.492 e. The second kappa shape index (κ2) is 9.27. The molecule has 5 nitrogen and oxygen atoms in total. The smallest absolute Gasteiger partial charge is 0.261 e. The molecule has 0 saturated carbocycles. The van der Waals surface area contributed by atoms with Crippen LogP contribution in [0.3, 0.4) is 0 Å². The van der Waals surface area contributed by atoms with Crippen molar-refractivity contribution in [1.29, 1.82) is 0 Å². The largest absolute Gasteiger partial charge is 0.492 e. The molecule has 3 N–H and O–H groups in total. The normalized spacial score (nSPS) is 10.3. The first-order valence-electron chi connectivity index (χ1n) is 8.28. The molecule has 7 heteroatoms. The van der Waals surface area contributed by atoms with Crippen LogP contribution in [0.1, 0.15) is 15.2 Å². The lowest BCUT2D eigenvalue weighted by Crippen LogP contribution is -2.27. The highest BCUT2D eigenvalue weighted by molar-refractivity contribution is 7.80. The van der Waals surface area contributed by atoms with E-state index in [1.165, 1.54) is 11.3 Å². The maximum Gasteiger partial charge on any atom is 0.261 e. The number of hydroxylamine groups is 1. The average Bonchev–Trinajstić information content (AvgIpc) is 3.22. The number of thiocarbonyl (C=S) groups is 1. The first-order valence-corrected chi connectivity index (χ1v) is 9.50. The van der Waals surface area contributed by atoms with Crippen molar-refractivity contribution >= 4 is 34.5 Å². The molecule has 0 spiro atoms. The summed E-state index contributed by atoms with van der Waals surface area (Å²) in [6.07, 6.45) is 0. The molecule has 3 rings (SSSR count). The fourth-order valence-corrected chi connectivity index (χ4v) is 3.47. The van der Waals surface area contributed by atoms with Crippen molar-refractivity contribution in [3.05, 3.63) is 77.2 Å². The first kappa shape index (κ1) is 19.0. The Morgan fingerprint density at radius 3 is 2.48 bits per heavy atom. The number of ether oxygens (including phenoxy) is 1. The van der Waals surface area contributed by atoms with Crippen LogP contribution >= 0.6 is 23.6 Å². The van der Waals surface area contributed by atoms with Crippen molar-refractivity contribution in [2.75, 3.05) is 13.2 Å². The molecule has 1 amide bonds. The van der Waals surface area contributed by atoms with E-state index in [2.05, 4.69) is 5.32 Å². The highest BCUT2D eigenvalue weighted by atomic mass is 32.1. The lowest BCUT2D eigenvalue weighted by atomic mass is 10.2. The van der Waals surface area contributed by atoms with Gasteiger partial charge in [0, 0.05) is 10.4 Å². The van der Waals surface area contributed by atoms with E-state index in [1.807, 2.05) is 47.9 Å². The van der Waals surface area contributed by atoms with Gasteiger partial charge < -0.3 is 10.1 Å². The number of nitrogens with one attached hydrogen (secondary N) is 2. The molecule has 0 unspecified atom stereocenters. The van der Waals surface area contributed by atoms with Crippen LogP contribution in [0.5, 0.6) is 5.75 Å². The number of hydrogen-bond donors (Lipinski definition) is 3. The van der Waals surface area contributed by atoms with Gasteiger partial charge in [0.1, 0.15) is 17.3 Å². The highest BCUT2D eigenvalue weighted by Gasteiger charge is 2.09. The number of carbonyl (C=O) groups is 1. The Balaban J connectivity index is 1.46. The summed E-state index contributed by atoms with van der Waals surface area (Å²) >= 11 is 6.39. The van der Waals surface area contributed by atoms with Crippen LogP contribution in [-0.2, 0) is 0 Å². The Kier molecular flexibility index (Phi) is 6.54. The second-order valence-corrected chi connectivity index (χ2v) is 7.09. The first-order chi connectivity index (χ1) is 13.2. The van der Waals surface area contributed by atoms with E-state index in [4.69, 9.17) is 22.2 Å². The average molecular weight is 399 g/mol. The van der Waals surface area contributed by atoms with Gasteiger partial charge in [-0.1, -0.05) is 42.5 Å². The zero-order chi connectivity index (χ0) is 19.1. The Labute approximate surface area is 166 Å². The van der Waals surface area contributed by atoms with Crippen LogP contribution in [0.15, 0.2) is 66.7 Å². The maximum atomic E-state index is 12.3. The van der Waals surface area contributed by atoms with Gasteiger partial charge in [-0.15, -0.1) is 11.3 Å².